The van der Waals surface area contributed by atoms with Crippen molar-refractivity contribution in [3.8, 4) is 6.07 Å². The first kappa shape index (κ1) is 17.6. The molecule has 0 radical (unpaired) electrons. The number of nitriles is 1. The van der Waals surface area contributed by atoms with Gasteiger partial charge >= 0.3 is 0 Å². The van der Waals surface area contributed by atoms with Crippen LogP contribution in [0.1, 0.15) is 11.1 Å². The summed E-state index contributed by atoms with van der Waals surface area (Å²) >= 11 is 0. The fourth-order valence-electron chi connectivity index (χ4n) is 2.10. The first-order chi connectivity index (χ1) is 11.8. The van der Waals surface area contributed by atoms with Gasteiger partial charge in [0, 0.05) is 6.07 Å². The van der Waals surface area contributed by atoms with E-state index >= 15 is 0 Å². The van der Waals surface area contributed by atoms with Crippen LogP contribution in [0.25, 0.3) is 5.76 Å². The molecule has 7 nitrogen and oxygen atoms in total. The Morgan fingerprint density at radius 2 is 2.00 bits per heavy atom. The van der Waals surface area contributed by atoms with Crippen molar-refractivity contribution in [2.24, 2.45) is 0 Å². The Balaban J connectivity index is 2.46. The molecule has 1 amide bonds. The van der Waals surface area contributed by atoms with E-state index in [9.17, 15) is 24.4 Å². The summed E-state index contributed by atoms with van der Waals surface area (Å²) in [7, 11) is 0. The highest BCUT2D eigenvalue weighted by molar-refractivity contribution is 6.11. The number of hydrogen-bond donors (Lipinski definition) is 2. The van der Waals surface area contributed by atoms with Crippen molar-refractivity contribution in [3.63, 3.8) is 0 Å². The number of aryl methyl sites for hydroxylation is 1. The number of hydrogen-bond acceptors (Lipinski definition) is 5. The third kappa shape index (κ3) is 3.79. The normalized spacial score (nSPS) is 11.2. The Labute approximate surface area is 141 Å². The van der Waals surface area contributed by atoms with Crippen LogP contribution in [0.2, 0.25) is 0 Å². The number of nitrogens with zero attached hydrogens (tertiary/aromatic N) is 2. The average molecular weight is 341 g/mol. The number of carbonyl (C=O) groups excluding carboxylic acids is 1. The van der Waals surface area contributed by atoms with Gasteiger partial charge in [-0.1, -0.05) is 18.2 Å². The van der Waals surface area contributed by atoms with Crippen molar-refractivity contribution >= 4 is 23.0 Å². The van der Waals surface area contributed by atoms with Crippen molar-refractivity contribution < 1.29 is 19.2 Å². The van der Waals surface area contributed by atoms with Crippen molar-refractivity contribution in [1.29, 1.82) is 5.26 Å². The molecule has 0 saturated heterocycles. The Kier molecular flexibility index (Phi) is 5.09. The second kappa shape index (κ2) is 7.23. The van der Waals surface area contributed by atoms with E-state index in [0.717, 1.165) is 12.1 Å². The van der Waals surface area contributed by atoms with Gasteiger partial charge in [-0.2, -0.15) is 5.26 Å². The molecule has 0 atom stereocenters. The van der Waals surface area contributed by atoms with Crippen LogP contribution in [0.15, 0.2) is 48.0 Å². The zero-order valence-electron chi connectivity index (χ0n) is 13.0. The summed E-state index contributed by atoms with van der Waals surface area (Å²) in [6.07, 6.45) is 0. The highest BCUT2D eigenvalue weighted by Crippen LogP contribution is 2.27. The van der Waals surface area contributed by atoms with Gasteiger partial charge in [0.1, 0.15) is 11.9 Å². The molecular formula is C17H12FN3O4. The van der Waals surface area contributed by atoms with Gasteiger partial charge < -0.3 is 10.4 Å². The molecule has 0 aliphatic rings. The minimum Gasteiger partial charge on any atom is -0.505 e. The van der Waals surface area contributed by atoms with E-state index in [2.05, 4.69) is 5.32 Å². The maximum absolute atomic E-state index is 13.7. The molecule has 0 spiro atoms. The van der Waals surface area contributed by atoms with Gasteiger partial charge in [-0.3, -0.25) is 14.9 Å². The number of benzene rings is 2. The number of aliphatic hydroxyl groups is 1. The highest BCUT2D eigenvalue weighted by Gasteiger charge is 2.23. The molecule has 0 aromatic heterocycles. The summed E-state index contributed by atoms with van der Waals surface area (Å²) in [4.78, 5) is 22.5. The predicted molar refractivity (Wildman–Crippen MR) is 88.0 cm³/mol. The SMILES string of the molecule is Cc1ccc(F)c(NC(=O)/C(C#N)=C(\O)c2ccccc2[N+](=O)[O-])c1. The van der Waals surface area contributed by atoms with Gasteiger partial charge in [0.15, 0.2) is 11.3 Å². The van der Waals surface area contributed by atoms with Crippen LogP contribution < -0.4 is 5.32 Å². The molecule has 25 heavy (non-hydrogen) atoms. The zero-order valence-corrected chi connectivity index (χ0v) is 13.0. The molecule has 0 heterocycles. The second-order valence-electron chi connectivity index (χ2n) is 5.05. The Hall–Kier alpha value is -3.73. The van der Waals surface area contributed by atoms with E-state index in [0.29, 0.717) is 5.56 Å². The summed E-state index contributed by atoms with van der Waals surface area (Å²) in [5.74, 6) is -2.66. The zero-order chi connectivity index (χ0) is 18.6. The topological polar surface area (TPSA) is 116 Å². The van der Waals surface area contributed by atoms with Crippen LogP contribution >= 0.6 is 0 Å². The largest absolute Gasteiger partial charge is 0.505 e. The van der Waals surface area contributed by atoms with Gasteiger partial charge in [-0.05, 0) is 30.7 Å². The maximum Gasteiger partial charge on any atom is 0.280 e. The average Bonchev–Trinajstić information content (AvgIpc) is 2.58. The minimum absolute atomic E-state index is 0.173. The van der Waals surface area contributed by atoms with Gasteiger partial charge in [-0.25, -0.2) is 4.39 Å². The van der Waals surface area contributed by atoms with Gasteiger partial charge in [0.05, 0.1) is 16.2 Å². The lowest BCUT2D eigenvalue weighted by Crippen LogP contribution is -2.16. The van der Waals surface area contributed by atoms with Gasteiger partial charge in [0.25, 0.3) is 11.6 Å². The number of nitrogens with one attached hydrogen (secondary N) is 1. The maximum atomic E-state index is 13.7. The second-order valence-corrected chi connectivity index (χ2v) is 5.05. The standard InChI is InChI=1S/C17H12FN3O4/c1-10-6-7-13(18)14(8-10)20-17(23)12(9-19)16(22)11-4-2-3-5-15(11)21(24)25/h2-8,22H,1H3,(H,20,23)/b16-12-. The molecule has 0 unspecified atom stereocenters. The van der Waals surface area contributed by atoms with Crippen molar-refractivity contribution in [1.82, 2.24) is 0 Å². The summed E-state index contributed by atoms with van der Waals surface area (Å²) < 4.78 is 13.7. The molecule has 2 N–H and O–H groups in total. The Morgan fingerprint density at radius 3 is 2.64 bits per heavy atom. The molecule has 2 aromatic rings. The summed E-state index contributed by atoms with van der Waals surface area (Å²) in [6.45, 7) is 1.68. The van der Waals surface area contributed by atoms with Gasteiger partial charge in [0.2, 0.25) is 0 Å². The molecule has 0 bridgehead atoms. The van der Waals surface area contributed by atoms with Crippen molar-refractivity contribution in [3.05, 3.63) is 75.1 Å². The van der Waals surface area contributed by atoms with Crippen LogP contribution in [-0.4, -0.2) is 15.9 Å². The summed E-state index contributed by atoms with van der Waals surface area (Å²) in [6, 6.07) is 10.6. The summed E-state index contributed by atoms with van der Waals surface area (Å²) in [5, 5.41) is 32.5. The van der Waals surface area contributed by atoms with Gasteiger partial charge in [-0.15, -0.1) is 0 Å². The van der Waals surface area contributed by atoms with E-state index in [1.165, 1.54) is 36.4 Å². The first-order valence-corrected chi connectivity index (χ1v) is 6.99. The molecule has 0 fully saturated rings. The number of amides is 1. The fraction of sp³-hybridized carbons (Fsp3) is 0.0588. The summed E-state index contributed by atoms with van der Waals surface area (Å²) in [5.41, 5.74) is -1.03. The fourth-order valence-corrected chi connectivity index (χ4v) is 2.10. The molecular weight excluding hydrogens is 329 g/mol. The molecule has 0 saturated carbocycles. The number of halogens is 1. The molecule has 0 aliphatic carbocycles. The number of nitro groups is 1. The molecule has 2 aromatic carbocycles. The van der Waals surface area contributed by atoms with Crippen molar-refractivity contribution in [2.45, 2.75) is 6.92 Å². The van der Waals surface area contributed by atoms with Crippen LogP contribution in [0.3, 0.4) is 0 Å². The lowest BCUT2D eigenvalue weighted by molar-refractivity contribution is -0.385. The third-order valence-electron chi connectivity index (χ3n) is 3.30. The van der Waals surface area contributed by atoms with Crippen molar-refractivity contribution in [2.75, 3.05) is 5.32 Å². The van der Waals surface area contributed by atoms with Crippen LogP contribution in [0.5, 0.6) is 0 Å². The number of aliphatic hydroxyl groups excluding tert-OH is 1. The molecule has 0 aliphatic heterocycles. The van der Waals surface area contributed by atoms with Crippen LogP contribution in [0.4, 0.5) is 15.8 Å². The number of para-hydroxylation sites is 1. The van der Waals surface area contributed by atoms with E-state index in [1.54, 1.807) is 6.92 Å². The van der Waals surface area contributed by atoms with Crippen LogP contribution in [-0.2, 0) is 4.79 Å². The lowest BCUT2D eigenvalue weighted by atomic mass is 10.1. The van der Waals surface area contributed by atoms with Crippen LogP contribution in [0, 0.1) is 34.2 Å². The lowest BCUT2D eigenvalue weighted by Gasteiger charge is -2.08. The van der Waals surface area contributed by atoms with E-state index in [4.69, 9.17) is 5.26 Å². The monoisotopic (exact) mass is 341 g/mol. The number of anilines is 1. The first-order valence-electron chi connectivity index (χ1n) is 6.99. The predicted octanol–water partition coefficient (Wildman–Crippen LogP) is 3.47. The third-order valence-corrected chi connectivity index (χ3v) is 3.30. The smallest absolute Gasteiger partial charge is 0.280 e. The quantitative estimate of drug-likeness (QED) is 0.290. The minimum atomic E-state index is -1.08. The Morgan fingerprint density at radius 1 is 1.32 bits per heavy atom. The number of carbonyl (C=O) groups is 1. The van der Waals surface area contributed by atoms with E-state index in [-0.39, 0.29) is 11.3 Å². The number of rotatable bonds is 4. The molecule has 2 rings (SSSR count). The molecule has 126 valence electrons. The van der Waals surface area contributed by atoms with E-state index in [1.807, 2.05) is 0 Å². The van der Waals surface area contributed by atoms with E-state index < -0.39 is 33.7 Å². The Bertz CT molecular complexity index is 932. The highest BCUT2D eigenvalue weighted by atomic mass is 19.1. The number of nitro benzene ring substituents is 1. The molecule has 8 heteroatoms.